The molecule has 0 atom stereocenters. The fraction of sp³-hybridized carbons (Fsp3) is 0.462. The van der Waals surface area contributed by atoms with Crippen LogP contribution in [-0.4, -0.2) is 36.9 Å². The van der Waals surface area contributed by atoms with E-state index in [-0.39, 0.29) is 18.4 Å². The third-order valence-electron chi connectivity index (χ3n) is 2.45. The summed E-state index contributed by atoms with van der Waals surface area (Å²) in [5.74, 6) is 0.289. The van der Waals surface area contributed by atoms with E-state index in [1.54, 1.807) is 19.3 Å². The van der Waals surface area contributed by atoms with Gasteiger partial charge < -0.3 is 16.0 Å². The van der Waals surface area contributed by atoms with Gasteiger partial charge in [-0.2, -0.15) is 0 Å². The van der Waals surface area contributed by atoms with Crippen LogP contribution in [0.1, 0.15) is 24.2 Å². The minimum absolute atomic E-state index is 0.0543. The van der Waals surface area contributed by atoms with Crippen LogP contribution >= 0.6 is 15.9 Å². The topological polar surface area (TPSA) is 83.1 Å². The first-order valence-corrected chi connectivity index (χ1v) is 7.11. The van der Waals surface area contributed by atoms with Crippen molar-refractivity contribution >= 4 is 33.6 Å². The second-order valence-electron chi connectivity index (χ2n) is 4.68. The van der Waals surface area contributed by atoms with Gasteiger partial charge in [-0.25, -0.2) is 4.98 Å². The molecule has 0 aliphatic carbocycles. The first-order chi connectivity index (χ1) is 9.43. The van der Waals surface area contributed by atoms with E-state index < -0.39 is 0 Å². The van der Waals surface area contributed by atoms with Crippen molar-refractivity contribution in [2.45, 2.75) is 13.8 Å². The molecular formula is C13H19BrN4O2. The summed E-state index contributed by atoms with van der Waals surface area (Å²) >= 11 is 3.27. The van der Waals surface area contributed by atoms with E-state index in [4.69, 9.17) is 0 Å². The predicted octanol–water partition coefficient (Wildman–Crippen LogP) is 1.39. The molecule has 2 amide bonds. The number of nitrogens with one attached hydrogen (secondary N) is 3. The number of amides is 2. The molecule has 0 unspecified atom stereocenters. The molecule has 0 fully saturated rings. The van der Waals surface area contributed by atoms with Gasteiger partial charge in [0.25, 0.3) is 5.91 Å². The molecule has 0 saturated heterocycles. The number of carbonyl (C=O) groups excluding carboxylic acids is 2. The van der Waals surface area contributed by atoms with Gasteiger partial charge >= 0.3 is 0 Å². The van der Waals surface area contributed by atoms with E-state index in [0.717, 1.165) is 0 Å². The summed E-state index contributed by atoms with van der Waals surface area (Å²) in [4.78, 5) is 27.7. The molecular weight excluding hydrogens is 324 g/mol. The van der Waals surface area contributed by atoms with Gasteiger partial charge in [0.1, 0.15) is 5.82 Å². The van der Waals surface area contributed by atoms with Crippen molar-refractivity contribution in [3.63, 3.8) is 0 Å². The Labute approximate surface area is 126 Å². The molecule has 0 aromatic carbocycles. The van der Waals surface area contributed by atoms with Crippen LogP contribution < -0.4 is 16.0 Å². The number of rotatable bonds is 6. The van der Waals surface area contributed by atoms with Crippen molar-refractivity contribution in [2.75, 3.05) is 25.5 Å². The molecule has 1 aromatic rings. The Morgan fingerprint density at radius 1 is 1.35 bits per heavy atom. The predicted molar refractivity (Wildman–Crippen MR) is 81.7 cm³/mol. The highest BCUT2D eigenvalue weighted by Gasteiger charge is 2.13. The molecule has 0 aliphatic heterocycles. The summed E-state index contributed by atoms with van der Waals surface area (Å²) in [7, 11) is 1.68. The van der Waals surface area contributed by atoms with E-state index in [0.29, 0.717) is 28.3 Å². The van der Waals surface area contributed by atoms with Crippen molar-refractivity contribution in [2.24, 2.45) is 5.92 Å². The van der Waals surface area contributed by atoms with Gasteiger partial charge in [-0.3, -0.25) is 9.59 Å². The highest BCUT2D eigenvalue weighted by molar-refractivity contribution is 9.10. The van der Waals surface area contributed by atoms with Gasteiger partial charge in [0.05, 0.1) is 12.1 Å². The fourth-order valence-electron chi connectivity index (χ4n) is 1.45. The Morgan fingerprint density at radius 2 is 2.05 bits per heavy atom. The SMILES string of the molecule is CNc1ncc(Br)cc1C(=O)NCC(=O)NCC(C)C. The lowest BCUT2D eigenvalue weighted by atomic mass is 10.2. The van der Waals surface area contributed by atoms with Crippen molar-refractivity contribution in [3.8, 4) is 0 Å². The number of nitrogens with zero attached hydrogens (tertiary/aromatic N) is 1. The smallest absolute Gasteiger partial charge is 0.255 e. The molecule has 1 heterocycles. The van der Waals surface area contributed by atoms with E-state index in [1.807, 2.05) is 13.8 Å². The Bertz CT molecular complexity index is 491. The Morgan fingerprint density at radius 3 is 2.65 bits per heavy atom. The average Bonchev–Trinajstić information content (AvgIpc) is 2.42. The minimum atomic E-state index is -0.345. The standard InChI is InChI=1S/C13H19BrN4O2/c1-8(2)5-16-11(19)7-18-13(20)10-4-9(14)6-17-12(10)15-3/h4,6,8H,5,7H2,1-3H3,(H,15,17)(H,16,19)(H,18,20). The zero-order chi connectivity index (χ0) is 15.1. The maximum atomic E-state index is 12.0. The molecule has 0 saturated carbocycles. The van der Waals surface area contributed by atoms with Crippen LogP contribution in [0.5, 0.6) is 0 Å². The molecule has 0 spiro atoms. The highest BCUT2D eigenvalue weighted by atomic mass is 79.9. The van der Waals surface area contributed by atoms with Gasteiger partial charge in [-0.1, -0.05) is 13.8 Å². The largest absolute Gasteiger partial charge is 0.372 e. The third-order valence-corrected chi connectivity index (χ3v) is 2.89. The quantitative estimate of drug-likeness (QED) is 0.729. The number of aromatic nitrogens is 1. The lowest BCUT2D eigenvalue weighted by Gasteiger charge is -2.10. The Hall–Kier alpha value is -1.63. The van der Waals surface area contributed by atoms with Gasteiger partial charge in [0.2, 0.25) is 5.91 Å². The maximum Gasteiger partial charge on any atom is 0.255 e. The van der Waals surface area contributed by atoms with Crippen LogP contribution in [-0.2, 0) is 4.79 Å². The van der Waals surface area contributed by atoms with E-state index in [1.165, 1.54) is 0 Å². The van der Waals surface area contributed by atoms with Crippen LogP contribution in [0.25, 0.3) is 0 Å². The molecule has 110 valence electrons. The normalized spacial score (nSPS) is 10.2. The van der Waals surface area contributed by atoms with Crippen molar-refractivity contribution in [1.82, 2.24) is 15.6 Å². The molecule has 20 heavy (non-hydrogen) atoms. The Kier molecular flexibility index (Phi) is 6.44. The molecule has 7 heteroatoms. The summed E-state index contributed by atoms with van der Waals surface area (Å²) in [6.45, 7) is 4.55. The van der Waals surface area contributed by atoms with Crippen molar-refractivity contribution in [3.05, 3.63) is 22.3 Å². The zero-order valence-corrected chi connectivity index (χ0v) is 13.4. The van der Waals surface area contributed by atoms with Gasteiger partial charge in [-0.15, -0.1) is 0 Å². The minimum Gasteiger partial charge on any atom is -0.372 e. The number of anilines is 1. The summed E-state index contributed by atoms with van der Waals surface area (Å²) in [6, 6.07) is 1.65. The number of hydrogen-bond acceptors (Lipinski definition) is 4. The molecule has 0 bridgehead atoms. The number of pyridine rings is 1. The Balaban J connectivity index is 2.59. The summed E-state index contributed by atoms with van der Waals surface area (Å²) in [6.07, 6.45) is 1.60. The molecule has 0 aliphatic rings. The molecule has 6 nitrogen and oxygen atoms in total. The summed E-state index contributed by atoms with van der Waals surface area (Å²) in [5, 5.41) is 8.15. The van der Waals surface area contributed by atoms with E-state index in [9.17, 15) is 9.59 Å². The van der Waals surface area contributed by atoms with Crippen molar-refractivity contribution < 1.29 is 9.59 Å². The monoisotopic (exact) mass is 342 g/mol. The third kappa shape index (κ3) is 5.16. The number of carbonyl (C=O) groups is 2. The van der Waals surface area contributed by atoms with Crippen LogP contribution in [0, 0.1) is 5.92 Å². The van der Waals surface area contributed by atoms with Crippen LogP contribution in [0.15, 0.2) is 16.7 Å². The van der Waals surface area contributed by atoms with E-state index in [2.05, 4.69) is 36.9 Å². The van der Waals surface area contributed by atoms with Gasteiger partial charge in [0.15, 0.2) is 0 Å². The lowest BCUT2D eigenvalue weighted by Crippen LogP contribution is -2.38. The zero-order valence-electron chi connectivity index (χ0n) is 11.8. The first-order valence-electron chi connectivity index (χ1n) is 6.32. The van der Waals surface area contributed by atoms with Crippen LogP contribution in [0.3, 0.4) is 0 Å². The molecule has 1 aromatic heterocycles. The van der Waals surface area contributed by atoms with Gasteiger partial charge in [0, 0.05) is 24.3 Å². The van der Waals surface area contributed by atoms with Crippen molar-refractivity contribution in [1.29, 1.82) is 0 Å². The highest BCUT2D eigenvalue weighted by Crippen LogP contribution is 2.17. The summed E-state index contributed by atoms with van der Waals surface area (Å²) in [5.41, 5.74) is 0.388. The molecule has 3 N–H and O–H groups in total. The molecule has 0 radical (unpaired) electrons. The number of hydrogen-bond donors (Lipinski definition) is 3. The number of halogens is 1. The summed E-state index contributed by atoms with van der Waals surface area (Å²) < 4.78 is 0.700. The molecule has 1 rings (SSSR count). The van der Waals surface area contributed by atoms with Gasteiger partial charge in [-0.05, 0) is 27.9 Å². The first kappa shape index (κ1) is 16.4. The lowest BCUT2D eigenvalue weighted by molar-refractivity contribution is -0.120. The average molecular weight is 343 g/mol. The second kappa shape index (κ2) is 7.84. The fourth-order valence-corrected chi connectivity index (χ4v) is 1.78. The van der Waals surface area contributed by atoms with E-state index >= 15 is 0 Å². The maximum absolute atomic E-state index is 12.0. The van der Waals surface area contributed by atoms with Crippen LogP contribution in [0.4, 0.5) is 5.82 Å². The second-order valence-corrected chi connectivity index (χ2v) is 5.60. The van der Waals surface area contributed by atoms with Crippen LogP contribution in [0.2, 0.25) is 0 Å².